The molecule has 0 saturated heterocycles. The summed E-state index contributed by atoms with van der Waals surface area (Å²) >= 11 is -2.29. The summed E-state index contributed by atoms with van der Waals surface area (Å²) in [5.41, 5.74) is 7.86. The minimum Gasteiger partial charge on any atom is -0.0622 e. The normalized spacial score (nSPS) is 26.4. The van der Waals surface area contributed by atoms with E-state index >= 15 is 0 Å². The summed E-state index contributed by atoms with van der Waals surface area (Å²) < 4.78 is 6.68. The fourth-order valence-corrected chi connectivity index (χ4v) is 33.7. The first-order chi connectivity index (χ1) is 22.4. The Hall–Kier alpha value is -2.58. The second-order valence-corrected chi connectivity index (χ2v) is 28.6. The standard InChI is InChI=1S/C12H11Si.C12H10.C10H16N.C9H13.Zr/c1-3-7-11(8-4-1)13-12-9-5-2-6-10-12;1-3-7-11(8-4-1)12-9-5-2-6-10-12;11-10-4-7-1-8(5-10)3-9(2-7)6-10;1-6-5-7(2)9(4)8(6)3;/h1-10,13H;1-10H;7-9,11H,1-6H2;6H,1-4H3;/q;;-1;;+1. The number of benzene rings is 4. The van der Waals surface area contributed by atoms with Crippen molar-refractivity contribution in [2.24, 2.45) is 23.7 Å². The van der Waals surface area contributed by atoms with E-state index in [0.717, 1.165) is 17.8 Å². The molecule has 5 aliphatic rings. The van der Waals surface area contributed by atoms with E-state index in [1.54, 1.807) is 27.1 Å². The van der Waals surface area contributed by atoms with Crippen molar-refractivity contribution < 1.29 is 21.2 Å². The van der Waals surface area contributed by atoms with Gasteiger partial charge in [0.05, 0.1) is 0 Å². The van der Waals surface area contributed by atoms with Crippen LogP contribution in [0.4, 0.5) is 0 Å². The van der Waals surface area contributed by atoms with Crippen molar-refractivity contribution in [3.63, 3.8) is 0 Å². The summed E-state index contributed by atoms with van der Waals surface area (Å²) in [4.78, 5) is 0. The van der Waals surface area contributed by atoms with Crippen LogP contribution in [0.25, 0.3) is 11.1 Å². The molecule has 0 spiro atoms. The Morgan fingerprint density at radius 1 is 0.565 bits per heavy atom. The molecule has 0 aliphatic heterocycles. The van der Waals surface area contributed by atoms with Crippen molar-refractivity contribution in [2.75, 3.05) is 0 Å². The van der Waals surface area contributed by atoms with Gasteiger partial charge in [-0.05, 0) is 11.1 Å². The average Bonchev–Trinajstić information content (AvgIpc) is 3.27. The molecule has 1 atom stereocenters. The summed E-state index contributed by atoms with van der Waals surface area (Å²) in [6.45, 7) is 9.78. The average molecular weight is 700 g/mol. The Kier molecular flexibility index (Phi) is 9.65. The van der Waals surface area contributed by atoms with Gasteiger partial charge < -0.3 is 0 Å². The topological polar surface area (TPSA) is 12.0 Å². The summed E-state index contributed by atoms with van der Waals surface area (Å²) in [7, 11) is 0. The zero-order valence-corrected chi connectivity index (χ0v) is 31.8. The quantitative estimate of drug-likeness (QED) is 0.190. The van der Waals surface area contributed by atoms with Crippen molar-refractivity contribution in [1.29, 1.82) is 0 Å². The van der Waals surface area contributed by atoms with E-state index in [2.05, 4.69) is 137 Å². The van der Waals surface area contributed by atoms with E-state index in [0.29, 0.717) is 11.5 Å². The molecule has 1 unspecified atom stereocenters. The Balaban J connectivity index is 0.000000236. The summed E-state index contributed by atoms with van der Waals surface area (Å²) in [5, 5.41) is 3.32. The third kappa shape index (κ3) is 6.58. The van der Waals surface area contributed by atoms with Crippen LogP contribution < -0.4 is 13.6 Å². The maximum Gasteiger partial charge on any atom is -0.0184 e. The Morgan fingerprint density at radius 3 is 1.33 bits per heavy atom. The van der Waals surface area contributed by atoms with Crippen LogP contribution in [0.2, 0.25) is 0 Å². The largest absolute Gasteiger partial charge is 0.0622 e. The molecule has 9 rings (SSSR count). The summed E-state index contributed by atoms with van der Waals surface area (Å²) in [6, 6.07) is 44.2. The van der Waals surface area contributed by atoms with Gasteiger partial charge in [0.2, 0.25) is 0 Å². The molecule has 4 fully saturated rings. The summed E-state index contributed by atoms with van der Waals surface area (Å²) in [6.07, 6.45) is 8.95. The van der Waals surface area contributed by atoms with E-state index < -0.39 is 27.1 Å². The van der Waals surface area contributed by atoms with Crippen LogP contribution in [-0.4, -0.2) is 11.5 Å². The van der Waals surface area contributed by atoms with E-state index in [4.69, 9.17) is 3.26 Å². The van der Waals surface area contributed by atoms with Crippen molar-refractivity contribution in [1.82, 2.24) is 3.26 Å². The molecule has 0 amide bonds. The van der Waals surface area contributed by atoms with Gasteiger partial charge in [0.15, 0.2) is 0 Å². The second kappa shape index (κ2) is 13.9. The molecule has 1 N–H and O–H groups in total. The minimum absolute atomic E-state index is 0.440. The molecule has 0 heterocycles. The molecule has 4 aromatic rings. The van der Waals surface area contributed by atoms with E-state index in [1.165, 1.54) is 49.7 Å². The maximum absolute atomic E-state index is 4.78. The van der Waals surface area contributed by atoms with Crippen molar-refractivity contribution in [3.05, 3.63) is 141 Å². The monoisotopic (exact) mass is 698 g/mol. The molecule has 5 aliphatic carbocycles. The maximum atomic E-state index is 4.78. The number of rotatable bonds is 7. The zero-order valence-electron chi connectivity index (χ0n) is 28.2. The molecule has 4 saturated carbocycles. The van der Waals surface area contributed by atoms with Crippen molar-refractivity contribution in [2.45, 2.75) is 71.8 Å². The van der Waals surface area contributed by atoms with Crippen LogP contribution in [0.5, 0.6) is 0 Å². The van der Waals surface area contributed by atoms with Gasteiger partial charge in [-0.25, -0.2) is 0 Å². The SMILES string of the molecule is CC1=C(C)C(C)[C]([Zr]([NH]C23CC4CC(CC(C4)C2)C3)[SiH](c2ccccc2)c2ccccc2)=C1C.c1ccc(-c2ccccc2)cc1. The van der Waals surface area contributed by atoms with E-state index in [9.17, 15) is 0 Å². The number of hydrogen-bond donors (Lipinski definition) is 1. The first kappa shape index (κ1) is 32.0. The molecule has 4 bridgehead atoms. The summed E-state index contributed by atoms with van der Waals surface area (Å²) in [5.74, 6) is 2.23. The zero-order chi connectivity index (χ0) is 31.7. The van der Waals surface area contributed by atoms with Gasteiger partial charge >= 0.3 is 217 Å². The van der Waals surface area contributed by atoms with E-state index in [-0.39, 0.29) is 0 Å². The molecular weight excluding hydrogens is 650 g/mol. The molecule has 4 aromatic carbocycles. The van der Waals surface area contributed by atoms with Crippen LogP contribution in [0.15, 0.2) is 141 Å². The number of nitrogens with one attached hydrogen (secondary N) is 1. The van der Waals surface area contributed by atoms with Gasteiger partial charge in [-0.3, -0.25) is 0 Å². The third-order valence-electron chi connectivity index (χ3n) is 11.8. The van der Waals surface area contributed by atoms with Gasteiger partial charge in [0, 0.05) is 0 Å². The van der Waals surface area contributed by atoms with Crippen LogP contribution in [0.1, 0.15) is 66.2 Å². The van der Waals surface area contributed by atoms with Crippen LogP contribution in [0, 0.1) is 23.7 Å². The number of hydrogen-bond acceptors (Lipinski definition) is 1. The Morgan fingerprint density at radius 2 is 0.957 bits per heavy atom. The van der Waals surface area contributed by atoms with Crippen LogP contribution >= 0.6 is 0 Å². The van der Waals surface area contributed by atoms with Gasteiger partial charge in [-0.15, -0.1) is 0 Å². The van der Waals surface area contributed by atoms with Gasteiger partial charge in [0.25, 0.3) is 0 Å². The smallest absolute Gasteiger partial charge is 0.0184 e. The van der Waals surface area contributed by atoms with Crippen LogP contribution in [-0.2, 0) is 21.2 Å². The van der Waals surface area contributed by atoms with E-state index in [1.807, 2.05) is 15.4 Å². The molecule has 46 heavy (non-hydrogen) atoms. The van der Waals surface area contributed by atoms with Gasteiger partial charge in [-0.2, -0.15) is 0 Å². The van der Waals surface area contributed by atoms with Gasteiger partial charge in [0.1, 0.15) is 0 Å². The van der Waals surface area contributed by atoms with Crippen LogP contribution in [0.3, 0.4) is 0 Å². The molecular formula is C43H50NSiZr. The number of allylic oxidation sites excluding steroid dienone is 4. The predicted octanol–water partition coefficient (Wildman–Crippen LogP) is 9.23. The van der Waals surface area contributed by atoms with Crippen molar-refractivity contribution >= 4 is 16.3 Å². The fraction of sp³-hybridized carbons (Fsp3) is 0.349. The predicted molar refractivity (Wildman–Crippen MR) is 195 cm³/mol. The minimum atomic E-state index is -2.29. The Labute approximate surface area is 286 Å². The second-order valence-electron chi connectivity index (χ2n) is 14.8. The molecule has 0 aromatic heterocycles. The third-order valence-corrected chi connectivity index (χ3v) is 31.7. The first-order valence-electron chi connectivity index (χ1n) is 17.6. The molecule has 1 nitrogen and oxygen atoms in total. The molecule has 3 heteroatoms. The van der Waals surface area contributed by atoms with Crippen molar-refractivity contribution in [3.8, 4) is 11.1 Å². The van der Waals surface area contributed by atoms with Gasteiger partial charge in [-0.1, -0.05) is 60.7 Å². The first-order valence-corrected chi connectivity index (χ1v) is 26.1. The molecule has 235 valence electrons. The molecule has 0 radical (unpaired) electrons. The Bertz CT molecular complexity index is 1570. The fourth-order valence-electron chi connectivity index (χ4n) is 9.72.